The van der Waals surface area contributed by atoms with Gasteiger partial charge >= 0.3 is 0 Å². The summed E-state index contributed by atoms with van der Waals surface area (Å²) >= 11 is 12.2. The van der Waals surface area contributed by atoms with Gasteiger partial charge in [-0.2, -0.15) is 0 Å². The van der Waals surface area contributed by atoms with Gasteiger partial charge < -0.3 is 20.1 Å². The molecule has 2 aromatic carbocycles. The Hall–Kier alpha value is -2.28. The standard InChI is InChI=1S/C21H22Cl2N2O4/c1-2-28-19-16(10-13(22)11-17(19)23)21(27)25-18-8-4-3-7-15(18)20(26)24-12-14-6-5-9-29-14/h3-4,7-8,10-11,14H,2,5-6,9,12H2,1H3,(H,24,26)(H,25,27). The third-order valence-electron chi connectivity index (χ3n) is 4.48. The Morgan fingerprint density at radius 3 is 2.69 bits per heavy atom. The first kappa shape index (κ1) is 21.4. The van der Waals surface area contributed by atoms with E-state index in [1.54, 1.807) is 31.2 Å². The summed E-state index contributed by atoms with van der Waals surface area (Å²) in [5.41, 5.74) is 0.921. The lowest BCUT2D eigenvalue weighted by molar-refractivity contribution is 0.0858. The first-order valence-electron chi connectivity index (χ1n) is 9.41. The van der Waals surface area contributed by atoms with Crippen molar-refractivity contribution in [3.8, 4) is 5.75 Å². The molecule has 2 N–H and O–H groups in total. The monoisotopic (exact) mass is 436 g/mol. The third-order valence-corrected chi connectivity index (χ3v) is 4.97. The maximum absolute atomic E-state index is 12.9. The van der Waals surface area contributed by atoms with Crippen LogP contribution in [0.25, 0.3) is 0 Å². The van der Waals surface area contributed by atoms with Crippen LogP contribution in [0.15, 0.2) is 36.4 Å². The fourth-order valence-corrected chi connectivity index (χ4v) is 3.65. The average molecular weight is 437 g/mol. The van der Waals surface area contributed by atoms with E-state index in [1.165, 1.54) is 12.1 Å². The summed E-state index contributed by atoms with van der Waals surface area (Å²) in [6, 6.07) is 9.77. The van der Waals surface area contributed by atoms with Gasteiger partial charge in [-0.05, 0) is 44.0 Å². The van der Waals surface area contributed by atoms with E-state index in [1.807, 2.05) is 0 Å². The molecule has 3 rings (SSSR count). The van der Waals surface area contributed by atoms with Crippen molar-refractivity contribution in [1.29, 1.82) is 0 Å². The summed E-state index contributed by atoms with van der Waals surface area (Å²) in [6.07, 6.45) is 1.95. The second-order valence-electron chi connectivity index (χ2n) is 6.54. The number of carbonyl (C=O) groups is 2. The van der Waals surface area contributed by atoms with Gasteiger partial charge in [0.1, 0.15) is 0 Å². The Kier molecular flexibility index (Phi) is 7.36. The Morgan fingerprint density at radius 2 is 1.97 bits per heavy atom. The molecule has 1 aliphatic rings. The molecular weight excluding hydrogens is 415 g/mol. The van der Waals surface area contributed by atoms with Crippen LogP contribution in [-0.4, -0.2) is 37.7 Å². The highest BCUT2D eigenvalue weighted by Crippen LogP contribution is 2.33. The van der Waals surface area contributed by atoms with Crippen LogP contribution < -0.4 is 15.4 Å². The van der Waals surface area contributed by atoms with Crippen molar-refractivity contribution in [3.63, 3.8) is 0 Å². The Bertz CT molecular complexity index is 898. The molecule has 0 aliphatic carbocycles. The van der Waals surface area contributed by atoms with Crippen molar-refractivity contribution in [2.75, 3.05) is 25.1 Å². The lowest BCUT2D eigenvalue weighted by Crippen LogP contribution is -2.32. The molecule has 1 heterocycles. The Morgan fingerprint density at radius 1 is 1.17 bits per heavy atom. The number of amides is 2. The molecule has 2 aromatic rings. The highest BCUT2D eigenvalue weighted by Gasteiger charge is 2.21. The first-order chi connectivity index (χ1) is 14.0. The number of para-hydroxylation sites is 1. The molecule has 1 saturated heterocycles. The first-order valence-corrected chi connectivity index (χ1v) is 10.2. The number of anilines is 1. The minimum absolute atomic E-state index is 0.0306. The molecule has 2 amide bonds. The second-order valence-corrected chi connectivity index (χ2v) is 7.39. The maximum atomic E-state index is 12.9. The lowest BCUT2D eigenvalue weighted by atomic mass is 10.1. The van der Waals surface area contributed by atoms with Gasteiger partial charge in [0.25, 0.3) is 11.8 Å². The lowest BCUT2D eigenvalue weighted by Gasteiger charge is -2.15. The number of hydrogen-bond donors (Lipinski definition) is 2. The molecule has 1 unspecified atom stereocenters. The number of halogens is 2. The van der Waals surface area contributed by atoms with Crippen molar-refractivity contribution < 1.29 is 19.1 Å². The highest BCUT2D eigenvalue weighted by atomic mass is 35.5. The summed E-state index contributed by atoms with van der Waals surface area (Å²) < 4.78 is 11.0. The fourth-order valence-electron chi connectivity index (χ4n) is 3.11. The van der Waals surface area contributed by atoms with Gasteiger partial charge in [0.2, 0.25) is 0 Å². The molecule has 8 heteroatoms. The molecule has 0 saturated carbocycles. The van der Waals surface area contributed by atoms with Gasteiger partial charge in [-0.3, -0.25) is 9.59 Å². The molecule has 1 atom stereocenters. The van der Waals surface area contributed by atoms with Gasteiger partial charge in [-0.25, -0.2) is 0 Å². The summed E-state index contributed by atoms with van der Waals surface area (Å²) in [7, 11) is 0. The summed E-state index contributed by atoms with van der Waals surface area (Å²) in [5, 5.41) is 6.18. The molecule has 0 bridgehead atoms. The van der Waals surface area contributed by atoms with E-state index in [0.29, 0.717) is 29.4 Å². The van der Waals surface area contributed by atoms with Gasteiger partial charge in [-0.15, -0.1) is 0 Å². The van der Waals surface area contributed by atoms with E-state index in [4.69, 9.17) is 32.7 Å². The van der Waals surface area contributed by atoms with Gasteiger partial charge in [0, 0.05) is 18.2 Å². The van der Waals surface area contributed by atoms with Crippen LogP contribution in [0.4, 0.5) is 5.69 Å². The molecule has 1 aliphatic heterocycles. The van der Waals surface area contributed by atoms with E-state index in [0.717, 1.165) is 19.4 Å². The molecular formula is C21H22Cl2N2O4. The highest BCUT2D eigenvalue weighted by molar-refractivity contribution is 6.36. The summed E-state index contributed by atoms with van der Waals surface area (Å²) in [5.74, 6) is -0.515. The number of ether oxygens (including phenoxy) is 2. The smallest absolute Gasteiger partial charge is 0.259 e. The topological polar surface area (TPSA) is 76.7 Å². The minimum atomic E-state index is -0.475. The van der Waals surface area contributed by atoms with E-state index < -0.39 is 5.91 Å². The van der Waals surface area contributed by atoms with Crippen LogP contribution in [0.2, 0.25) is 10.0 Å². The van der Waals surface area contributed by atoms with Crippen LogP contribution in [0.5, 0.6) is 5.75 Å². The van der Waals surface area contributed by atoms with Crippen molar-refractivity contribution in [2.24, 2.45) is 0 Å². The SMILES string of the molecule is CCOc1c(Cl)cc(Cl)cc1C(=O)Nc1ccccc1C(=O)NCC1CCCO1. The van der Waals surface area contributed by atoms with Gasteiger partial charge in [0.05, 0.1) is 34.5 Å². The fraction of sp³-hybridized carbons (Fsp3) is 0.333. The Labute approximate surface area is 179 Å². The maximum Gasteiger partial charge on any atom is 0.259 e. The number of benzene rings is 2. The van der Waals surface area contributed by atoms with E-state index in [9.17, 15) is 9.59 Å². The minimum Gasteiger partial charge on any atom is -0.491 e. The molecule has 6 nitrogen and oxygen atoms in total. The number of rotatable bonds is 7. The molecule has 0 radical (unpaired) electrons. The second kappa shape index (κ2) is 9.96. The average Bonchev–Trinajstić information content (AvgIpc) is 3.22. The summed E-state index contributed by atoms with van der Waals surface area (Å²) in [6.45, 7) is 3.28. The van der Waals surface area contributed by atoms with Gasteiger partial charge in [0.15, 0.2) is 5.75 Å². The predicted octanol–water partition coefficient (Wildman–Crippen LogP) is 4.55. The molecule has 0 aromatic heterocycles. The predicted molar refractivity (Wildman–Crippen MR) is 113 cm³/mol. The summed E-state index contributed by atoms with van der Waals surface area (Å²) in [4.78, 5) is 25.5. The van der Waals surface area contributed by atoms with Crippen molar-refractivity contribution in [3.05, 3.63) is 57.6 Å². The van der Waals surface area contributed by atoms with Crippen LogP contribution in [0, 0.1) is 0 Å². The van der Waals surface area contributed by atoms with Crippen LogP contribution >= 0.6 is 23.2 Å². The number of hydrogen-bond acceptors (Lipinski definition) is 4. The molecule has 0 spiro atoms. The zero-order valence-electron chi connectivity index (χ0n) is 16.0. The van der Waals surface area contributed by atoms with Gasteiger partial charge in [-0.1, -0.05) is 35.3 Å². The van der Waals surface area contributed by atoms with Crippen LogP contribution in [0.3, 0.4) is 0 Å². The van der Waals surface area contributed by atoms with E-state index >= 15 is 0 Å². The zero-order chi connectivity index (χ0) is 20.8. The largest absolute Gasteiger partial charge is 0.491 e. The Balaban J connectivity index is 1.78. The number of nitrogens with one attached hydrogen (secondary N) is 2. The third kappa shape index (κ3) is 5.41. The van der Waals surface area contributed by atoms with Crippen molar-refractivity contribution >= 4 is 40.7 Å². The van der Waals surface area contributed by atoms with Crippen LogP contribution in [-0.2, 0) is 4.74 Å². The van der Waals surface area contributed by atoms with Crippen molar-refractivity contribution in [2.45, 2.75) is 25.9 Å². The zero-order valence-corrected chi connectivity index (χ0v) is 17.5. The normalized spacial score (nSPS) is 15.8. The van der Waals surface area contributed by atoms with E-state index in [-0.39, 0.29) is 28.3 Å². The van der Waals surface area contributed by atoms with Crippen LogP contribution in [0.1, 0.15) is 40.5 Å². The number of carbonyl (C=O) groups excluding carboxylic acids is 2. The van der Waals surface area contributed by atoms with Crippen molar-refractivity contribution in [1.82, 2.24) is 5.32 Å². The quantitative estimate of drug-likeness (QED) is 0.666. The van der Waals surface area contributed by atoms with E-state index in [2.05, 4.69) is 10.6 Å². The molecule has 29 heavy (non-hydrogen) atoms. The molecule has 154 valence electrons. The molecule has 1 fully saturated rings.